The second-order valence-corrected chi connectivity index (χ2v) is 4.23. The van der Waals surface area contributed by atoms with E-state index in [1.165, 1.54) is 23.5 Å². The van der Waals surface area contributed by atoms with Crippen LogP contribution in [0.25, 0.3) is 0 Å². The Balaban J connectivity index is 2.40. The zero-order valence-electron chi connectivity index (χ0n) is 7.34. The molecule has 1 aliphatic carbocycles. The normalized spacial score (nSPS) is 26.9. The van der Waals surface area contributed by atoms with Gasteiger partial charge in [0.25, 0.3) is 0 Å². The van der Waals surface area contributed by atoms with Gasteiger partial charge in [-0.2, -0.15) is 0 Å². The van der Waals surface area contributed by atoms with Gasteiger partial charge in [0, 0.05) is 17.4 Å². The quantitative estimate of drug-likeness (QED) is 0.666. The molecule has 0 fully saturated rings. The minimum absolute atomic E-state index is 0.0131. The highest BCUT2D eigenvalue weighted by molar-refractivity contribution is 7.10. The van der Waals surface area contributed by atoms with E-state index in [0.717, 1.165) is 0 Å². The van der Waals surface area contributed by atoms with Gasteiger partial charge in [0.2, 0.25) is 0 Å². The monoisotopic (exact) mass is 210 g/mol. The molecule has 0 spiro atoms. The summed E-state index contributed by atoms with van der Waals surface area (Å²) in [5.41, 5.74) is -1.27. The Bertz CT molecular complexity index is 392. The van der Waals surface area contributed by atoms with E-state index in [4.69, 9.17) is 0 Å². The Kier molecular flexibility index (Phi) is 2.09. The minimum Gasteiger partial charge on any atom is -0.512 e. The number of allylic oxidation sites excluding steroid dienone is 1. The standard InChI is InChI=1S/C10H10O3S/c11-7-4-8(12)6-10(13,5-7)9-2-1-3-14-9/h1-5,11-13H,6H2. The highest BCUT2D eigenvalue weighted by Crippen LogP contribution is 2.36. The number of thiophene rings is 1. The molecule has 1 aromatic rings. The molecule has 4 heteroatoms. The molecule has 1 heterocycles. The van der Waals surface area contributed by atoms with Crippen molar-refractivity contribution in [3.05, 3.63) is 46.1 Å². The maximum absolute atomic E-state index is 10.1. The number of aliphatic hydroxyl groups is 3. The average molecular weight is 210 g/mol. The predicted molar refractivity (Wildman–Crippen MR) is 54.3 cm³/mol. The van der Waals surface area contributed by atoms with Crippen molar-refractivity contribution in [2.45, 2.75) is 12.0 Å². The molecule has 0 aliphatic heterocycles. The summed E-state index contributed by atoms with van der Waals surface area (Å²) in [5, 5.41) is 30.6. The first kappa shape index (κ1) is 9.30. The van der Waals surface area contributed by atoms with E-state index in [0.29, 0.717) is 4.88 Å². The lowest BCUT2D eigenvalue weighted by Crippen LogP contribution is -2.25. The summed E-state index contributed by atoms with van der Waals surface area (Å²) in [6, 6.07) is 3.59. The summed E-state index contributed by atoms with van der Waals surface area (Å²) in [6.45, 7) is 0. The largest absolute Gasteiger partial charge is 0.512 e. The summed E-state index contributed by atoms with van der Waals surface area (Å²) in [4.78, 5) is 0.712. The Morgan fingerprint density at radius 2 is 2.14 bits per heavy atom. The Morgan fingerprint density at radius 3 is 2.71 bits per heavy atom. The van der Waals surface area contributed by atoms with Crippen LogP contribution in [0.4, 0.5) is 0 Å². The summed E-state index contributed by atoms with van der Waals surface area (Å²) in [5.74, 6) is -0.120. The van der Waals surface area contributed by atoms with Crippen LogP contribution in [0.2, 0.25) is 0 Å². The molecule has 3 nitrogen and oxygen atoms in total. The van der Waals surface area contributed by atoms with Gasteiger partial charge in [-0.25, -0.2) is 0 Å². The SMILES string of the molecule is OC1=CC(O)(c2cccs2)CC(O)=C1. The molecule has 0 radical (unpaired) electrons. The van der Waals surface area contributed by atoms with Crippen LogP contribution in [0.1, 0.15) is 11.3 Å². The lowest BCUT2D eigenvalue weighted by Gasteiger charge is -2.25. The molecule has 0 amide bonds. The van der Waals surface area contributed by atoms with Gasteiger partial charge in [0.15, 0.2) is 0 Å². The van der Waals surface area contributed by atoms with Gasteiger partial charge in [-0.15, -0.1) is 11.3 Å². The van der Waals surface area contributed by atoms with Crippen molar-refractivity contribution in [2.75, 3.05) is 0 Å². The summed E-state index contributed by atoms with van der Waals surface area (Å²) < 4.78 is 0. The van der Waals surface area contributed by atoms with E-state index in [9.17, 15) is 15.3 Å². The second kappa shape index (κ2) is 3.15. The molecule has 0 aromatic carbocycles. The third kappa shape index (κ3) is 1.54. The fourth-order valence-corrected chi connectivity index (χ4v) is 2.31. The summed E-state index contributed by atoms with van der Waals surface area (Å²) in [7, 11) is 0. The Labute approximate surface area is 85.3 Å². The van der Waals surface area contributed by atoms with Crippen LogP contribution < -0.4 is 0 Å². The molecular weight excluding hydrogens is 200 g/mol. The van der Waals surface area contributed by atoms with Crippen molar-refractivity contribution in [2.24, 2.45) is 0 Å². The molecule has 1 unspecified atom stereocenters. The first-order valence-electron chi connectivity index (χ1n) is 4.18. The Morgan fingerprint density at radius 1 is 1.36 bits per heavy atom. The molecule has 14 heavy (non-hydrogen) atoms. The maximum atomic E-state index is 10.1. The molecule has 1 atom stereocenters. The smallest absolute Gasteiger partial charge is 0.128 e. The van der Waals surface area contributed by atoms with Gasteiger partial charge in [-0.1, -0.05) is 6.07 Å². The zero-order chi connectivity index (χ0) is 10.2. The lowest BCUT2D eigenvalue weighted by molar-refractivity contribution is 0.0738. The number of aliphatic hydroxyl groups excluding tert-OH is 2. The second-order valence-electron chi connectivity index (χ2n) is 3.28. The third-order valence-corrected chi connectivity index (χ3v) is 3.14. The summed E-state index contributed by atoms with van der Waals surface area (Å²) >= 11 is 1.39. The van der Waals surface area contributed by atoms with Crippen LogP contribution in [0.3, 0.4) is 0 Å². The van der Waals surface area contributed by atoms with E-state index >= 15 is 0 Å². The highest BCUT2D eigenvalue weighted by Gasteiger charge is 2.32. The molecule has 2 rings (SSSR count). The van der Waals surface area contributed by atoms with Crippen LogP contribution in [0.15, 0.2) is 41.2 Å². The van der Waals surface area contributed by atoms with Crippen LogP contribution in [-0.2, 0) is 5.60 Å². The van der Waals surface area contributed by atoms with Crippen molar-refractivity contribution in [1.29, 1.82) is 0 Å². The first-order chi connectivity index (χ1) is 6.60. The van der Waals surface area contributed by atoms with E-state index in [2.05, 4.69) is 0 Å². The van der Waals surface area contributed by atoms with Gasteiger partial charge < -0.3 is 15.3 Å². The van der Waals surface area contributed by atoms with Crippen LogP contribution in [-0.4, -0.2) is 15.3 Å². The van der Waals surface area contributed by atoms with Gasteiger partial charge in [0.05, 0.1) is 5.76 Å². The lowest BCUT2D eigenvalue weighted by atomic mass is 9.92. The average Bonchev–Trinajstić information content (AvgIpc) is 2.52. The minimum atomic E-state index is -1.27. The predicted octanol–water partition coefficient (Wildman–Crippen LogP) is 2.22. The highest BCUT2D eigenvalue weighted by atomic mass is 32.1. The van der Waals surface area contributed by atoms with Crippen LogP contribution >= 0.6 is 11.3 Å². The number of hydrogen-bond donors (Lipinski definition) is 3. The number of rotatable bonds is 1. The molecule has 0 bridgehead atoms. The Hall–Kier alpha value is -1.26. The van der Waals surface area contributed by atoms with Crippen LogP contribution in [0, 0.1) is 0 Å². The van der Waals surface area contributed by atoms with E-state index in [-0.39, 0.29) is 17.9 Å². The molecule has 1 aliphatic rings. The topological polar surface area (TPSA) is 60.7 Å². The fraction of sp³-hybridized carbons (Fsp3) is 0.200. The molecule has 1 aromatic heterocycles. The van der Waals surface area contributed by atoms with Crippen molar-refractivity contribution >= 4 is 11.3 Å². The van der Waals surface area contributed by atoms with Gasteiger partial charge >= 0.3 is 0 Å². The van der Waals surface area contributed by atoms with Crippen LogP contribution in [0.5, 0.6) is 0 Å². The molecule has 0 saturated heterocycles. The third-order valence-electron chi connectivity index (χ3n) is 2.10. The van der Waals surface area contributed by atoms with E-state index in [1.54, 1.807) is 6.07 Å². The molecule has 3 N–H and O–H groups in total. The first-order valence-corrected chi connectivity index (χ1v) is 5.06. The van der Waals surface area contributed by atoms with Crippen molar-refractivity contribution in [1.82, 2.24) is 0 Å². The van der Waals surface area contributed by atoms with Crippen molar-refractivity contribution in [3.8, 4) is 0 Å². The number of hydrogen-bond acceptors (Lipinski definition) is 4. The van der Waals surface area contributed by atoms with E-state index < -0.39 is 5.60 Å². The van der Waals surface area contributed by atoms with Gasteiger partial charge in [-0.3, -0.25) is 0 Å². The van der Waals surface area contributed by atoms with E-state index in [1.807, 2.05) is 11.4 Å². The molecular formula is C10H10O3S. The molecule has 74 valence electrons. The summed E-state index contributed by atoms with van der Waals surface area (Å²) in [6.07, 6.45) is 2.69. The van der Waals surface area contributed by atoms with Crippen molar-refractivity contribution < 1.29 is 15.3 Å². The fourth-order valence-electron chi connectivity index (χ4n) is 1.52. The maximum Gasteiger partial charge on any atom is 0.128 e. The van der Waals surface area contributed by atoms with Gasteiger partial charge in [0.1, 0.15) is 11.4 Å². The van der Waals surface area contributed by atoms with Crippen molar-refractivity contribution in [3.63, 3.8) is 0 Å². The zero-order valence-corrected chi connectivity index (χ0v) is 8.16. The molecule has 0 saturated carbocycles. The van der Waals surface area contributed by atoms with Gasteiger partial charge in [-0.05, 0) is 17.5 Å².